The second-order valence-electron chi connectivity index (χ2n) is 10.2. The molecule has 5 aromatic rings. The van der Waals surface area contributed by atoms with Gasteiger partial charge < -0.3 is 4.90 Å². The Balaban J connectivity index is 1.38. The Morgan fingerprint density at radius 1 is 0.842 bits per heavy atom. The van der Waals surface area contributed by atoms with Crippen molar-refractivity contribution in [1.29, 1.82) is 5.26 Å². The van der Waals surface area contributed by atoms with E-state index in [2.05, 4.69) is 88.7 Å². The highest BCUT2D eigenvalue weighted by molar-refractivity contribution is 6.30. The maximum absolute atomic E-state index is 10.1. The fourth-order valence-corrected chi connectivity index (χ4v) is 5.86. The van der Waals surface area contributed by atoms with Crippen LogP contribution in [0.4, 0.5) is 5.82 Å². The van der Waals surface area contributed by atoms with Crippen molar-refractivity contribution in [3.8, 4) is 6.07 Å². The number of nitrogens with zero attached hydrogens (tertiary/aromatic N) is 5. The number of hydrogen-bond donors (Lipinski definition) is 0. The van der Waals surface area contributed by atoms with Crippen molar-refractivity contribution < 1.29 is 0 Å². The minimum atomic E-state index is 0.164. The van der Waals surface area contributed by atoms with Crippen LogP contribution in [0.2, 0.25) is 5.02 Å². The maximum Gasteiger partial charge on any atom is 0.157 e. The van der Waals surface area contributed by atoms with Gasteiger partial charge in [0.2, 0.25) is 0 Å². The van der Waals surface area contributed by atoms with Crippen molar-refractivity contribution in [1.82, 2.24) is 14.3 Å². The third-order valence-electron chi connectivity index (χ3n) is 7.63. The van der Waals surface area contributed by atoms with Gasteiger partial charge in [0, 0.05) is 31.2 Å². The second-order valence-corrected chi connectivity index (χ2v) is 10.7. The lowest BCUT2D eigenvalue weighted by Gasteiger charge is -2.41. The molecule has 1 aliphatic heterocycles. The number of imidazole rings is 1. The van der Waals surface area contributed by atoms with Crippen molar-refractivity contribution >= 4 is 34.1 Å². The van der Waals surface area contributed by atoms with Gasteiger partial charge in [0.1, 0.15) is 11.9 Å². The van der Waals surface area contributed by atoms with Gasteiger partial charge in [-0.3, -0.25) is 9.30 Å². The van der Waals surface area contributed by atoms with Crippen molar-refractivity contribution in [2.75, 3.05) is 31.1 Å². The van der Waals surface area contributed by atoms with E-state index in [0.717, 1.165) is 59.3 Å². The molecule has 0 saturated carbocycles. The molecule has 3 aromatic carbocycles. The lowest BCUT2D eigenvalue weighted by molar-refractivity contribution is 0.212. The standard InChI is InChI=1S/C32H30ClN5/c1-22(2)26-20-30(38-29-11-7-6-10-28(29)35-32(38)27(26)21-34)36-16-18-37(19-17-36)31(23-8-4-3-5-9-23)24-12-14-25(33)15-13-24/h3-15,20,22,31H,16-19H2,1-2H3/t31-/m1/s1. The predicted octanol–water partition coefficient (Wildman–Crippen LogP) is 7.05. The number of piperazine rings is 1. The van der Waals surface area contributed by atoms with E-state index >= 15 is 0 Å². The minimum absolute atomic E-state index is 0.164. The van der Waals surface area contributed by atoms with Gasteiger partial charge in [-0.05, 0) is 52.9 Å². The van der Waals surface area contributed by atoms with Crippen molar-refractivity contribution in [3.63, 3.8) is 0 Å². The Labute approximate surface area is 228 Å². The number of halogens is 1. The van der Waals surface area contributed by atoms with Crippen LogP contribution < -0.4 is 4.90 Å². The smallest absolute Gasteiger partial charge is 0.157 e. The number of pyridine rings is 1. The first-order valence-corrected chi connectivity index (χ1v) is 13.6. The normalized spacial score (nSPS) is 15.3. The molecule has 1 saturated heterocycles. The highest BCUT2D eigenvalue weighted by Gasteiger charge is 2.29. The summed E-state index contributed by atoms with van der Waals surface area (Å²) >= 11 is 6.22. The predicted molar refractivity (Wildman–Crippen MR) is 155 cm³/mol. The lowest BCUT2D eigenvalue weighted by Crippen LogP contribution is -2.48. The molecular weight excluding hydrogens is 490 g/mol. The number of para-hydroxylation sites is 2. The zero-order chi connectivity index (χ0) is 26.2. The number of hydrogen-bond acceptors (Lipinski definition) is 4. The Morgan fingerprint density at radius 2 is 1.50 bits per heavy atom. The van der Waals surface area contributed by atoms with E-state index in [1.165, 1.54) is 11.1 Å². The molecular formula is C32H30ClN5. The second kappa shape index (κ2) is 10.1. The zero-order valence-corrected chi connectivity index (χ0v) is 22.4. The molecule has 0 spiro atoms. The summed E-state index contributed by atoms with van der Waals surface area (Å²) in [5, 5.41) is 10.8. The molecule has 3 heterocycles. The fourth-order valence-electron chi connectivity index (χ4n) is 5.74. The highest BCUT2D eigenvalue weighted by atomic mass is 35.5. The average Bonchev–Trinajstić information content (AvgIpc) is 3.34. The Morgan fingerprint density at radius 3 is 2.18 bits per heavy atom. The summed E-state index contributed by atoms with van der Waals surface area (Å²) in [6, 6.07) is 31.9. The van der Waals surface area contributed by atoms with Gasteiger partial charge in [0.15, 0.2) is 5.65 Å². The van der Waals surface area contributed by atoms with E-state index in [9.17, 15) is 5.26 Å². The summed E-state index contributed by atoms with van der Waals surface area (Å²) in [5.41, 5.74) is 6.96. The number of fused-ring (bicyclic) bond motifs is 3. The van der Waals surface area contributed by atoms with Crippen LogP contribution in [0.1, 0.15) is 48.1 Å². The van der Waals surface area contributed by atoms with Crippen LogP contribution in [0, 0.1) is 11.3 Å². The summed E-state index contributed by atoms with van der Waals surface area (Å²) in [7, 11) is 0. The van der Waals surface area contributed by atoms with Crippen LogP contribution in [-0.4, -0.2) is 40.5 Å². The minimum Gasteiger partial charge on any atom is -0.355 e. The first kappa shape index (κ1) is 24.5. The van der Waals surface area contributed by atoms with E-state index in [4.69, 9.17) is 16.6 Å². The molecule has 1 atom stereocenters. The number of rotatable bonds is 5. The number of anilines is 1. The van der Waals surface area contributed by atoms with Gasteiger partial charge in [-0.15, -0.1) is 0 Å². The zero-order valence-electron chi connectivity index (χ0n) is 21.7. The molecule has 5 nitrogen and oxygen atoms in total. The molecule has 1 fully saturated rings. The number of nitriles is 1. The van der Waals surface area contributed by atoms with Crippen LogP contribution in [0.15, 0.2) is 84.9 Å². The van der Waals surface area contributed by atoms with E-state index in [1.54, 1.807) is 0 Å². The molecule has 2 aromatic heterocycles. The van der Waals surface area contributed by atoms with E-state index in [-0.39, 0.29) is 12.0 Å². The van der Waals surface area contributed by atoms with Crippen molar-refractivity contribution in [2.45, 2.75) is 25.8 Å². The monoisotopic (exact) mass is 519 g/mol. The lowest BCUT2D eigenvalue weighted by atomic mass is 9.96. The molecule has 0 amide bonds. The molecule has 0 bridgehead atoms. The molecule has 190 valence electrons. The Kier molecular flexibility index (Phi) is 6.53. The van der Waals surface area contributed by atoms with Gasteiger partial charge >= 0.3 is 0 Å². The number of aromatic nitrogens is 2. The van der Waals surface area contributed by atoms with Gasteiger partial charge in [-0.2, -0.15) is 5.26 Å². The van der Waals surface area contributed by atoms with E-state index in [1.807, 2.05) is 30.3 Å². The quantitative estimate of drug-likeness (QED) is 0.249. The van der Waals surface area contributed by atoms with Crippen LogP contribution in [0.25, 0.3) is 16.7 Å². The van der Waals surface area contributed by atoms with Crippen molar-refractivity contribution in [3.05, 3.63) is 112 Å². The molecule has 0 N–H and O–H groups in total. The maximum atomic E-state index is 10.1. The van der Waals surface area contributed by atoms with Gasteiger partial charge in [0.25, 0.3) is 0 Å². The van der Waals surface area contributed by atoms with Gasteiger partial charge in [-0.1, -0.05) is 80.0 Å². The largest absolute Gasteiger partial charge is 0.355 e. The highest BCUT2D eigenvalue weighted by Crippen LogP contribution is 2.35. The Bertz CT molecular complexity index is 1620. The molecule has 0 radical (unpaired) electrons. The van der Waals surface area contributed by atoms with E-state index < -0.39 is 0 Å². The summed E-state index contributed by atoms with van der Waals surface area (Å²) < 4.78 is 2.18. The summed E-state index contributed by atoms with van der Waals surface area (Å²) in [4.78, 5) is 9.92. The molecule has 0 unspecified atom stereocenters. The fraction of sp³-hybridized carbons (Fsp3) is 0.250. The third kappa shape index (κ3) is 4.30. The van der Waals surface area contributed by atoms with Crippen LogP contribution in [-0.2, 0) is 0 Å². The SMILES string of the molecule is CC(C)c1cc(N2CCN([C@H](c3ccccc3)c3ccc(Cl)cc3)CC2)n2c(nc3ccccc32)c1C#N. The van der Waals surface area contributed by atoms with Crippen LogP contribution >= 0.6 is 11.6 Å². The topological polar surface area (TPSA) is 47.6 Å². The molecule has 6 rings (SSSR count). The summed E-state index contributed by atoms with van der Waals surface area (Å²) in [6.45, 7) is 7.87. The Hall–Kier alpha value is -3.85. The average molecular weight is 520 g/mol. The van der Waals surface area contributed by atoms with Gasteiger partial charge in [0.05, 0.1) is 22.6 Å². The van der Waals surface area contributed by atoms with Crippen LogP contribution in [0.3, 0.4) is 0 Å². The first-order valence-electron chi connectivity index (χ1n) is 13.2. The molecule has 0 aliphatic carbocycles. The third-order valence-corrected chi connectivity index (χ3v) is 7.88. The number of benzene rings is 3. The van der Waals surface area contributed by atoms with Crippen LogP contribution in [0.5, 0.6) is 0 Å². The summed E-state index contributed by atoms with van der Waals surface area (Å²) in [6.07, 6.45) is 0. The molecule has 1 aliphatic rings. The first-order chi connectivity index (χ1) is 18.5. The summed E-state index contributed by atoms with van der Waals surface area (Å²) in [5.74, 6) is 1.33. The van der Waals surface area contributed by atoms with Gasteiger partial charge in [-0.25, -0.2) is 4.98 Å². The van der Waals surface area contributed by atoms with E-state index in [0.29, 0.717) is 5.56 Å². The molecule has 38 heavy (non-hydrogen) atoms. The van der Waals surface area contributed by atoms with Crippen molar-refractivity contribution in [2.24, 2.45) is 0 Å². The molecule has 6 heteroatoms.